The van der Waals surface area contributed by atoms with Gasteiger partial charge < -0.3 is 19.5 Å². The summed E-state index contributed by atoms with van der Waals surface area (Å²) in [5.41, 5.74) is 0.406. The van der Waals surface area contributed by atoms with Gasteiger partial charge >= 0.3 is 10.3 Å². The first-order valence-electron chi connectivity index (χ1n) is 6.54. The molecule has 0 aromatic carbocycles. The fraction of sp³-hybridized carbons (Fsp3) is 0.455. The quantitative estimate of drug-likeness (QED) is 0.384. The van der Waals surface area contributed by atoms with Gasteiger partial charge in [-0.15, -0.1) is 0 Å². The van der Waals surface area contributed by atoms with E-state index in [0.29, 0.717) is 11.0 Å². The number of ether oxygens (including phenoxy) is 1. The standard InChI is InChI=1S/C11H12ClIN4O6S/c12-9-6-4(13)1-17(10(6)16-3-15-9)11-8(19)7(18)5(23-11)2-22-24(14,20)21/h1,3,5,7-8,11,18-19H,2H2,(H2,14,20,21)/t5-,7-,8-,11-/m1/s1. The highest BCUT2D eigenvalue weighted by Crippen LogP contribution is 2.35. The smallest absolute Gasteiger partial charge is 0.333 e. The van der Waals surface area contributed by atoms with Gasteiger partial charge in [0.25, 0.3) is 0 Å². The van der Waals surface area contributed by atoms with Crippen LogP contribution in [0.15, 0.2) is 12.5 Å². The predicted octanol–water partition coefficient (Wildman–Crippen LogP) is -0.471. The van der Waals surface area contributed by atoms with E-state index in [1.807, 2.05) is 22.6 Å². The summed E-state index contributed by atoms with van der Waals surface area (Å²) in [6, 6.07) is 0. The zero-order chi connectivity index (χ0) is 17.6. The molecule has 1 fully saturated rings. The number of fused-ring (bicyclic) bond motifs is 1. The lowest BCUT2D eigenvalue weighted by Gasteiger charge is -2.17. The molecule has 0 aliphatic carbocycles. The maximum atomic E-state index is 10.9. The number of aliphatic hydroxyl groups excluding tert-OH is 2. The average molecular weight is 491 g/mol. The van der Waals surface area contributed by atoms with Crippen molar-refractivity contribution in [2.24, 2.45) is 5.14 Å². The van der Waals surface area contributed by atoms with Gasteiger partial charge in [0, 0.05) is 9.77 Å². The fourth-order valence-electron chi connectivity index (χ4n) is 2.46. The van der Waals surface area contributed by atoms with Gasteiger partial charge in [-0.2, -0.15) is 8.42 Å². The first-order chi connectivity index (χ1) is 11.2. The van der Waals surface area contributed by atoms with E-state index in [2.05, 4.69) is 14.2 Å². The van der Waals surface area contributed by atoms with Gasteiger partial charge in [-0.05, 0) is 22.6 Å². The second-order valence-corrected chi connectivity index (χ2v) is 7.81. The van der Waals surface area contributed by atoms with Gasteiger partial charge in [-0.25, -0.2) is 15.1 Å². The lowest BCUT2D eigenvalue weighted by Crippen LogP contribution is -2.35. The maximum absolute atomic E-state index is 10.9. The third-order valence-electron chi connectivity index (χ3n) is 3.52. The molecule has 10 nitrogen and oxygen atoms in total. The highest BCUT2D eigenvalue weighted by atomic mass is 127. The molecule has 0 saturated carbocycles. The van der Waals surface area contributed by atoms with Crippen LogP contribution in [-0.2, 0) is 19.2 Å². The van der Waals surface area contributed by atoms with Crippen molar-refractivity contribution < 1.29 is 27.6 Å². The normalized spacial score (nSPS) is 27.9. The summed E-state index contributed by atoms with van der Waals surface area (Å²) in [6.07, 6.45) is -1.91. The third kappa shape index (κ3) is 3.37. The van der Waals surface area contributed by atoms with Crippen LogP contribution < -0.4 is 5.14 Å². The molecule has 4 atom stereocenters. The number of nitrogens with two attached hydrogens (primary N) is 1. The maximum Gasteiger partial charge on any atom is 0.333 e. The van der Waals surface area contributed by atoms with Crippen LogP contribution in [-0.4, -0.2) is 58.1 Å². The highest BCUT2D eigenvalue weighted by molar-refractivity contribution is 14.1. The zero-order valence-electron chi connectivity index (χ0n) is 11.8. The molecule has 4 N–H and O–H groups in total. The second-order valence-electron chi connectivity index (χ2n) is 5.07. The number of aromatic nitrogens is 3. The number of halogens is 2. The Balaban J connectivity index is 1.92. The number of nitrogens with zero attached hydrogens (tertiary/aromatic N) is 3. The molecule has 2 aromatic rings. The van der Waals surface area contributed by atoms with E-state index in [4.69, 9.17) is 21.5 Å². The summed E-state index contributed by atoms with van der Waals surface area (Å²) in [5.74, 6) is 0. The van der Waals surface area contributed by atoms with Crippen molar-refractivity contribution in [2.45, 2.75) is 24.5 Å². The van der Waals surface area contributed by atoms with Crippen molar-refractivity contribution in [3.63, 3.8) is 0 Å². The molecule has 3 rings (SSSR count). The monoisotopic (exact) mass is 490 g/mol. The molecule has 1 aliphatic heterocycles. The molecule has 0 bridgehead atoms. The zero-order valence-corrected chi connectivity index (χ0v) is 15.5. The molecular weight excluding hydrogens is 479 g/mol. The minimum absolute atomic E-state index is 0.241. The van der Waals surface area contributed by atoms with Crippen LogP contribution in [0.2, 0.25) is 5.15 Å². The highest BCUT2D eigenvalue weighted by Gasteiger charge is 2.45. The van der Waals surface area contributed by atoms with Crippen LogP contribution in [0.3, 0.4) is 0 Å². The molecule has 13 heteroatoms. The Hall–Kier alpha value is -0.610. The van der Waals surface area contributed by atoms with Crippen molar-refractivity contribution in [3.05, 3.63) is 21.2 Å². The molecule has 0 amide bonds. The number of hydrogen-bond acceptors (Lipinski definition) is 8. The van der Waals surface area contributed by atoms with E-state index in [0.717, 1.165) is 3.57 Å². The molecule has 1 saturated heterocycles. The Morgan fingerprint density at radius 1 is 1.42 bits per heavy atom. The van der Waals surface area contributed by atoms with E-state index >= 15 is 0 Å². The number of hydrogen-bond donors (Lipinski definition) is 3. The predicted molar refractivity (Wildman–Crippen MR) is 90.2 cm³/mol. The molecule has 24 heavy (non-hydrogen) atoms. The molecule has 0 unspecified atom stereocenters. The minimum Gasteiger partial charge on any atom is -0.387 e. The largest absolute Gasteiger partial charge is 0.387 e. The van der Waals surface area contributed by atoms with Crippen LogP contribution in [0.5, 0.6) is 0 Å². The first kappa shape index (κ1) is 18.2. The first-order valence-corrected chi connectivity index (χ1v) is 9.47. The lowest BCUT2D eigenvalue weighted by atomic mass is 10.1. The fourth-order valence-corrected chi connectivity index (χ4v) is 3.97. The Morgan fingerprint density at radius 2 is 2.12 bits per heavy atom. The van der Waals surface area contributed by atoms with E-state index in [1.54, 1.807) is 6.20 Å². The van der Waals surface area contributed by atoms with Crippen LogP contribution in [0.1, 0.15) is 6.23 Å². The molecule has 0 radical (unpaired) electrons. The summed E-state index contributed by atoms with van der Waals surface area (Å²) in [4.78, 5) is 8.02. The molecule has 1 aliphatic rings. The van der Waals surface area contributed by atoms with E-state index in [-0.39, 0.29) is 5.15 Å². The lowest BCUT2D eigenvalue weighted by molar-refractivity contribution is -0.0465. The molecule has 3 heterocycles. The summed E-state index contributed by atoms with van der Waals surface area (Å²) in [6.45, 7) is -0.528. The SMILES string of the molecule is NS(=O)(=O)OC[C@H]1O[C@@H](n2cc(I)c3c(Cl)ncnc32)[C@H](O)[C@@H]1O. The Labute approximate surface area is 154 Å². The van der Waals surface area contributed by atoms with Crippen LogP contribution in [0, 0.1) is 3.57 Å². The summed E-state index contributed by atoms with van der Waals surface area (Å²) in [5, 5.41) is 25.9. The number of aliphatic hydroxyl groups is 2. The van der Waals surface area contributed by atoms with Crippen molar-refractivity contribution in [3.8, 4) is 0 Å². The van der Waals surface area contributed by atoms with Crippen molar-refractivity contribution in [1.29, 1.82) is 0 Å². The Morgan fingerprint density at radius 3 is 2.79 bits per heavy atom. The van der Waals surface area contributed by atoms with Gasteiger partial charge in [0.15, 0.2) is 6.23 Å². The van der Waals surface area contributed by atoms with Gasteiger partial charge in [0.05, 0.1) is 12.0 Å². The molecular formula is C11H12ClIN4O6S. The summed E-state index contributed by atoms with van der Waals surface area (Å²) in [7, 11) is -4.19. The van der Waals surface area contributed by atoms with Crippen LogP contribution in [0.25, 0.3) is 11.0 Å². The van der Waals surface area contributed by atoms with E-state index in [9.17, 15) is 18.6 Å². The van der Waals surface area contributed by atoms with Crippen molar-refractivity contribution in [2.75, 3.05) is 6.61 Å². The number of rotatable bonds is 4. The van der Waals surface area contributed by atoms with Crippen LogP contribution in [0.4, 0.5) is 0 Å². The van der Waals surface area contributed by atoms with Gasteiger partial charge in [-0.3, -0.25) is 4.18 Å². The molecule has 2 aromatic heterocycles. The molecule has 132 valence electrons. The third-order valence-corrected chi connectivity index (χ3v) is 5.09. The van der Waals surface area contributed by atoms with E-state index < -0.39 is 41.5 Å². The van der Waals surface area contributed by atoms with Gasteiger partial charge in [-0.1, -0.05) is 11.6 Å². The Kier molecular flexibility index (Phi) is 5.00. The van der Waals surface area contributed by atoms with Gasteiger partial charge in [0.2, 0.25) is 0 Å². The van der Waals surface area contributed by atoms with Crippen LogP contribution >= 0.6 is 34.2 Å². The second kappa shape index (κ2) is 6.60. The summed E-state index contributed by atoms with van der Waals surface area (Å²) < 4.78 is 33.9. The average Bonchev–Trinajstić information content (AvgIpc) is 2.96. The van der Waals surface area contributed by atoms with Gasteiger partial charge in [0.1, 0.15) is 35.4 Å². The minimum atomic E-state index is -4.19. The Bertz CT molecular complexity index is 877. The van der Waals surface area contributed by atoms with Crippen molar-refractivity contribution >= 4 is 55.5 Å². The summed E-state index contributed by atoms with van der Waals surface area (Å²) >= 11 is 8.08. The topological polar surface area (TPSA) is 150 Å². The molecule has 0 spiro atoms. The van der Waals surface area contributed by atoms with Crippen molar-refractivity contribution in [1.82, 2.24) is 14.5 Å². The van der Waals surface area contributed by atoms with E-state index in [1.165, 1.54) is 10.9 Å².